The molecule has 0 aliphatic heterocycles. The Morgan fingerprint density at radius 3 is 2.45 bits per heavy atom. The molecule has 0 radical (unpaired) electrons. The highest BCUT2D eigenvalue weighted by Crippen LogP contribution is 2.14. The molecule has 1 amide bonds. The van der Waals surface area contributed by atoms with E-state index < -0.39 is 0 Å². The number of benzene rings is 1. The Morgan fingerprint density at radius 1 is 1.18 bits per heavy atom. The van der Waals surface area contributed by atoms with E-state index in [0.29, 0.717) is 17.2 Å². The molecule has 2 rings (SSSR count). The minimum Gasteiger partial charge on any atom is -0.346 e. The first kappa shape index (κ1) is 15.4. The lowest BCUT2D eigenvalue weighted by atomic mass is 10.1. The van der Waals surface area contributed by atoms with Crippen molar-refractivity contribution >= 4 is 17.5 Å². The zero-order valence-corrected chi connectivity index (χ0v) is 12.7. The summed E-state index contributed by atoms with van der Waals surface area (Å²) in [6.07, 6.45) is 1.52. The number of amides is 1. The maximum absolute atomic E-state index is 12.1. The van der Waals surface area contributed by atoms with Gasteiger partial charge in [0.05, 0.1) is 11.6 Å². The molecule has 22 heavy (non-hydrogen) atoms. The van der Waals surface area contributed by atoms with Crippen LogP contribution in [0.1, 0.15) is 36.8 Å². The average molecular weight is 295 g/mol. The van der Waals surface area contributed by atoms with E-state index in [-0.39, 0.29) is 11.4 Å². The summed E-state index contributed by atoms with van der Waals surface area (Å²) in [7, 11) is 0. The third kappa shape index (κ3) is 4.28. The van der Waals surface area contributed by atoms with Crippen molar-refractivity contribution in [2.24, 2.45) is 0 Å². The van der Waals surface area contributed by atoms with Crippen LogP contribution < -0.4 is 10.6 Å². The topological polar surface area (TPSA) is 90.7 Å². The van der Waals surface area contributed by atoms with Gasteiger partial charge in [0.15, 0.2) is 0 Å². The first-order valence-electron chi connectivity index (χ1n) is 6.80. The largest absolute Gasteiger partial charge is 0.346 e. The molecule has 6 nitrogen and oxygen atoms in total. The van der Waals surface area contributed by atoms with E-state index in [4.69, 9.17) is 5.26 Å². The number of carbonyl (C=O) groups excluding carboxylic acids is 1. The van der Waals surface area contributed by atoms with E-state index in [9.17, 15) is 4.79 Å². The van der Waals surface area contributed by atoms with Gasteiger partial charge in [-0.25, -0.2) is 9.97 Å². The van der Waals surface area contributed by atoms with Gasteiger partial charge in [-0.15, -0.1) is 0 Å². The number of hydrogen-bond acceptors (Lipinski definition) is 5. The van der Waals surface area contributed by atoms with E-state index in [1.807, 2.05) is 20.8 Å². The van der Waals surface area contributed by atoms with Crippen LogP contribution >= 0.6 is 0 Å². The molecule has 2 aromatic rings. The highest BCUT2D eigenvalue weighted by atomic mass is 16.2. The predicted molar refractivity (Wildman–Crippen MR) is 83.7 cm³/mol. The van der Waals surface area contributed by atoms with Crippen LogP contribution in [0.3, 0.4) is 0 Å². The lowest BCUT2D eigenvalue weighted by Crippen LogP contribution is -2.41. The van der Waals surface area contributed by atoms with E-state index in [1.54, 1.807) is 30.3 Å². The normalized spacial score (nSPS) is 10.6. The molecule has 0 saturated carbocycles. The number of hydrogen-bond donors (Lipinski definition) is 2. The quantitative estimate of drug-likeness (QED) is 0.908. The summed E-state index contributed by atoms with van der Waals surface area (Å²) in [6, 6.07) is 10.5. The predicted octanol–water partition coefficient (Wildman–Crippen LogP) is 2.62. The minimum atomic E-state index is -0.331. The number of nitrogens with zero attached hydrogens (tertiary/aromatic N) is 3. The van der Waals surface area contributed by atoms with Crippen molar-refractivity contribution in [3.63, 3.8) is 0 Å². The zero-order valence-electron chi connectivity index (χ0n) is 12.7. The molecule has 1 aromatic heterocycles. The van der Waals surface area contributed by atoms with Crippen molar-refractivity contribution in [1.29, 1.82) is 5.26 Å². The Morgan fingerprint density at radius 2 is 1.86 bits per heavy atom. The van der Waals surface area contributed by atoms with Gasteiger partial charge in [0.1, 0.15) is 5.69 Å². The molecule has 112 valence electrons. The molecule has 0 spiro atoms. The van der Waals surface area contributed by atoms with Crippen LogP contribution in [0.25, 0.3) is 0 Å². The Labute approximate surface area is 129 Å². The molecule has 1 heterocycles. The van der Waals surface area contributed by atoms with E-state index in [0.717, 1.165) is 5.69 Å². The van der Waals surface area contributed by atoms with Crippen molar-refractivity contribution in [3.8, 4) is 6.07 Å². The van der Waals surface area contributed by atoms with Crippen molar-refractivity contribution in [2.75, 3.05) is 5.32 Å². The molecule has 0 bridgehead atoms. The van der Waals surface area contributed by atoms with E-state index in [2.05, 4.69) is 26.7 Å². The Hall–Kier alpha value is -2.94. The number of carbonyl (C=O) groups is 1. The number of aromatic nitrogens is 2. The fourth-order valence-electron chi connectivity index (χ4n) is 1.71. The van der Waals surface area contributed by atoms with Crippen molar-refractivity contribution in [3.05, 3.63) is 47.8 Å². The minimum absolute atomic E-state index is 0.252. The fourth-order valence-corrected chi connectivity index (χ4v) is 1.71. The molecule has 0 atom stereocenters. The van der Waals surface area contributed by atoms with Gasteiger partial charge in [-0.3, -0.25) is 4.79 Å². The Bertz CT molecular complexity index is 711. The van der Waals surface area contributed by atoms with E-state index >= 15 is 0 Å². The van der Waals surface area contributed by atoms with Gasteiger partial charge in [-0.2, -0.15) is 5.26 Å². The molecular weight excluding hydrogens is 278 g/mol. The highest BCUT2D eigenvalue weighted by molar-refractivity contribution is 5.92. The van der Waals surface area contributed by atoms with Crippen LogP contribution in [0.15, 0.2) is 36.5 Å². The van der Waals surface area contributed by atoms with Crippen LogP contribution in [0.4, 0.5) is 11.6 Å². The maximum atomic E-state index is 12.1. The van der Waals surface area contributed by atoms with Crippen molar-refractivity contribution in [1.82, 2.24) is 15.3 Å². The summed E-state index contributed by atoms with van der Waals surface area (Å²) in [6.45, 7) is 5.71. The molecule has 2 N–H and O–H groups in total. The van der Waals surface area contributed by atoms with Gasteiger partial charge in [0.25, 0.3) is 5.91 Å². The van der Waals surface area contributed by atoms with Gasteiger partial charge in [0.2, 0.25) is 5.95 Å². The second-order valence-electron chi connectivity index (χ2n) is 5.78. The molecule has 0 unspecified atom stereocenters. The fraction of sp³-hybridized carbons (Fsp3) is 0.250. The third-order valence-corrected chi connectivity index (χ3v) is 2.65. The monoisotopic (exact) mass is 295 g/mol. The van der Waals surface area contributed by atoms with Crippen LogP contribution in [-0.4, -0.2) is 21.4 Å². The summed E-state index contributed by atoms with van der Waals surface area (Å²) in [5.74, 6) is 0.0732. The summed E-state index contributed by atoms with van der Waals surface area (Å²) >= 11 is 0. The Balaban J connectivity index is 2.14. The van der Waals surface area contributed by atoms with Gasteiger partial charge in [0, 0.05) is 17.4 Å². The van der Waals surface area contributed by atoms with Crippen LogP contribution in [0, 0.1) is 11.3 Å². The summed E-state index contributed by atoms with van der Waals surface area (Å²) in [5.41, 5.74) is 1.28. The first-order valence-corrected chi connectivity index (χ1v) is 6.80. The van der Waals surface area contributed by atoms with Gasteiger partial charge < -0.3 is 10.6 Å². The lowest BCUT2D eigenvalue weighted by molar-refractivity contribution is 0.0914. The van der Waals surface area contributed by atoms with Crippen molar-refractivity contribution in [2.45, 2.75) is 26.3 Å². The molecule has 6 heteroatoms. The van der Waals surface area contributed by atoms with E-state index in [1.165, 1.54) is 6.20 Å². The third-order valence-electron chi connectivity index (χ3n) is 2.65. The second kappa shape index (κ2) is 6.22. The number of nitriles is 1. The first-order chi connectivity index (χ1) is 10.4. The molecule has 0 aliphatic carbocycles. The van der Waals surface area contributed by atoms with Crippen LogP contribution in [0.5, 0.6) is 0 Å². The van der Waals surface area contributed by atoms with Crippen LogP contribution in [-0.2, 0) is 0 Å². The SMILES string of the molecule is CC(C)(C)NC(=O)c1ccnc(Nc2ccc(C#N)cc2)n1. The smallest absolute Gasteiger partial charge is 0.270 e. The maximum Gasteiger partial charge on any atom is 0.270 e. The average Bonchev–Trinajstić information content (AvgIpc) is 2.46. The molecular formula is C16H17N5O. The number of rotatable bonds is 3. The molecule has 0 aliphatic rings. The van der Waals surface area contributed by atoms with Gasteiger partial charge >= 0.3 is 0 Å². The van der Waals surface area contributed by atoms with Gasteiger partial charge in [-0.05, 0) is 51.1 Å². The summed E-state index contributed by atoms with van der Waals surface area (Å²) in [4.78, 5) is 20.4. The number of nitrogens with one attached hydrogen (secondary N) is 2. The highest BCUT2D eigenvalue weighted by Gasteiger charge is 2.16. The molecule has 0 saturated heterocycles. The lowest BCUT2D eigenvalue weighted by Gasteiger charge is -2.20. The van der Waals surface area contributed by atoms with Crippen molar-refractivity contribution < 1.29 is 4.79 Å². The standard InChI is InChI=1S/C16H17N5O/c1-16(2,3)21-14(22)13-8-9-18-15(20-13)19-12-6-4-11(10-17)5-7-12/h4-9H,1-3H3,(H,21,22)(H,18,19,20). The molecule has 0 fully saturated rings. The number of anilines is 2. The zero-order chi connectivity index (χ0) is 16.2. The summed E-state index contributed by atoms with van der Waals surface area (Å²) in [5, 5.41) is 14.6. The molecule has 1 aromatic carbocycles. The van der Waals surface area contributed by atoms with Gasteiger partial charge in [-0.1, -0.05) is 0 Å². The Kier molecular flexibility index (Phi) is 4.37. The second-order valence-corrected chi connectivity index (χ2v) is 5.78. The van der Waals surface area contributed by atoms with Crippen LogP contribution in [0.2, 0.25) is 0 Å². The summed E-state index contributed by atoms with van der Waals surface area (Å²) < 4.78 is 0.